The van der Waals surface area contributed by atoms with E-state index in [2.05, 4.69) is 28.7 Å². The van der Waals surface area contributed by atoms with E-state index >= 15 is 0 Å². The Balaban J connectivity index is 0.00000208. The van der Waals surface area contributed by atoms with Gasteiger partial charge in [0, 0.05) is 23.3 Å². The predicted molar refractivity (Wildman–Crippen MR) is 101 cm³/mol. The molecule has 1 aliphatic rings. The molecule has 24 heavy (non-hydrogen) atoms. The Kier molecular flexibility index (Phi) is 7.15. The highest BCUT2D eigenvalue weighted by Crippen LogP contribution is 2.21. The predicted octanol–water partition coefficient (Wildman–Crippen LogP) is 3.59. The second-order valence-corrected chi connectivity index (χ2v) is 6.93. The molecule has 1 amide bonds. The fourth-order valence-corrected chi connectivity index (χ4v) is 3.47. The summed E-state index contributed by atoms with van der Waals surface area (Å²) in [5, 5.41) is 10.7. The smallest absolute Gasteiger partial charge is 0.276 e. The Hall–Kier alpha value is -1.50. The third-order valence-corrected chi connectivity index (χ3v) is 4.76. The molecule has 7 heteroatoms. The van der Waals surface area contributed by atoms with Gasteiger partial charge in [-0.1, -0.05) is 13.0 Å². The number of thioether (sulfide) groups is 1. The Morgan fingerprint density at radius 1 is 1.46 bits per heavy atom. The normalized spacial score (nSPS) is 17.1. The molecule has 0 radical (unpaired) electrons. The van der Waals surface area contributed by atoms with E-state index in [1.165, 1.54) is 0 Å². The highest BCUT2D eigenvalue weighted by atomic mass is 35.5. The molecule has 0 spiro atoms. The van der Waals surface area contributed by atoms with Crippen molar-refractivity contribution in [2.75, 3.05) is 24.2 Å². The zero-order valence-electron chi connectivity index (χ0n) is 13.7. The number of aromatic nitrogens is 2. The Morgan fingerprint density at radius 2 is 2.33 bits per heavy atom. The molecule has 130 valence electrons. The first-order valence-corrected chi connectivity index (χ1v) is 9.05. The van der Waals surface area contributed by atoms with E-state index in [1.54, 1.807) is 17.8 Å². The molecule has 1 aromatic heterocycles. The Bertz CT molecular complexity index is 670. The molecule has 3 rings (SSSR count). The van der Waals surface area contributed by atoms with Gasteiger partial charge in [0.05, 0.1) is 6.04 Å². The van der Waals surface area contributed by atoms with Crippen molar-refractivity contribution in [3.05, 3.63) is 42.2 Å². The fraction of sp³-hybridized carbons (Fsp3) is 0.412. The number of carbonyl (C=O) groups is 1. The van der Waals surface area contributed by atoms with Crippen molar-refractivity contribution in [3.8, 4) is 0 Å². The lowest BCUT2D eigenvalue weighted by Gasteiger charge is -2.22. The van der Waals surface area contributed by atoms with E-state index in [4.69, 9.17) is 0 Å². The van der Waals surface area contributed by atoms with E-state index in [1.807, 2.05) is 29.1 Å². The van der Waals surface area contributed by atoms with Crippen molar-refractivity contribution in [1.82, 2.24) is 15.1 Å². The van der Waals surface area contributed by atoms with Crippen LogP contribution in [-0.4, -0.2) is 34.5 Å². The minimum atomic E-state index is -0.161. The van der Waals surface area contributed by atoms with Gasteiger partial charge in [-0.05, 0) is 49.4 Å². The van der Waals surface area contributed by atoms with Gasteiger partial charge in [0.1, 0.15) is 0 Å². The quantitative estimate of drug-likeness (QED) is 0.794. The lowest BCUT2D eigenvalue weighted by Crippen LogP contribution is -2.32. The molecule has 0 saturated carbocycles. The van der Waals surface area contributed by atoms with Crippen molar-refractivity contribution >= 4 is 35.8 Å². The fourth-order valence-electron chi connectivity index (χ4n) is 2.75. The first-order valence-electron chi connectivity index (χ1n) is 8.06. The van der Waals surface area contributed by atoms with Gasteiger partial charge in [-0.25, -0.2) is 0 Å². The van der Waals surface area contributed by atoms with Crippen LogP contribution in [0.5, 0.6) is 0 Å². The summed E-state index contributed by atoms with van der Waals surface area (Å²) in [6, 6.07) is 10.0. The summed E-state index contributed by atoms with van der Waals surface area (Å²) in [6.07, 6.45) is 4.15. The van der Waals surface area contributed by atoms with Crippen LogP contribution < -0.4 is 10.6 Å². The summed E-state index contributed by atoms with van der Waals surface area (Å²) in [4.78, 5) is 13.5. The molecular weight excluding hydrogens is 344 g/mol. The molecule has 1 saturated heterocycles. The number of benzene rings is 1. The second-order valence-electron chi connectivity index (χ2n) is 5.60. The Labute approximate surface area is 153 Å². The van der Waals surface area contributed by atoms with E-state index in [-0.39, 0.29) is 18.3 Å². The molecule has 2 aromatic rings. The number of amides is 1. The molecule has 1 fully saturated rings. The molecule has 1 aromatic carbocycles. The number of carbonyl (C=O) groups excluding carboxylic acids is 1. The van der Waals surface area contributed by atoms with Gasteiger partial charge >= 0.3 is 0 Å². The molecular formula is C17H23ClN4OS. The van der Waals surface area contributed by atoms with E-state index in [9.17, 15) is 4.79 Å². The average Bonchev–Trinajstić information content (AvgIpc) is 3.06. The van der Waals surface area contributed by atoms with Gasteiger partial charge in [-0.3, -0.25) is 9.48 Å². The van der Waals surface area contributed by atoms with Gasteiger partial charge in [0.2, 0.25) is 0 Å². The number of nitrogens with zero attached hydrogens (tertiary/aromatic N) is 2. The van der Waals surface area contributed by atoms with Crippen molar-refractivity contribution in [2.24, 2.45) is 0 Å². The molecule has 1 aliphatic heterocycles. The molecule has 1 atom stereocenters. The number of piperidine rings is 1. The minimum Gasteiger partial charge on any atom is -0.321 e. The number of anilines is 1. The summed E-state index contributed by atoms with van der Waals surface area (Å²) in [7, 11) is 0. The zero-order valence-corrected chi connectivity index (χ0v) is 15.3. The standard InChI is InChI=1S/C17H22N4OS.ClH/c1-2-23-15-7-3-5-13(11-15)19-17(22)16-8-10-21(20-16)14-6-4-9-18-12-14;/h3,5,7-8,10-11,14,18H,2,4,6,9,12H2,1H3,(H,19,22);1H. The number of hydrogen-bond acceptors (Lipinski definition) is 4. The van der Waals surface area contributed by atoms with Crippen LogP contribution in [-0.2, 0) is 0 Å². The van der Waals surface area contributed by atoms with Gasteiger partial charge in [0.25, 0.3) is 5.91 Å². The number of hydrogen-bond donors (Lipinski definition) is 2. The lowest BCUT2D eigenvalue weighted by molar-refractivity contribution is 0.102. The van der Waals surface area contributed by atoms with Crippen molar-refractivity contribution in [1.29, 1.82) is 0 Å². The van der Waals surface area contributed by atoms with Gasteiger partial charge < -0.3 is 10.6 Å². The first-order chi connectivity index (χ1) is 11.3. The zero-order chi connectivity index (χ0) is 16.1. The summed E-state index contributed by atoms with van der Waals surface area (Å²) in [5.74, 6) is 0.850. The molecule has 0 aliphatic carbocycles. The van der Waals surface area contributed by atoms with Gasteiger partial charge in [-0.2, -0.15) is 5.10 Å². The summed E-state index contributed by atoms with van der Waals surface area (Å²) >= 11 is 1.76. The van der Waals surface area contributed by atoms with E-state index in [0.29, 0.717) is 11.7 Å². The topological polar surface area (TPSA) is 59.0 Å². The number of nitrogens with one attached hydrogen (secondary N) is 2. The van der Waals surface area contributed by atoms with E-state index in [0.717, 1.165) is 42.3 Å². The minimum absolute atomic E-state index is 0. The maximum absolute atomic E-state index is 12.4. The van der Waals surface area contributed by atoms with E-state index < -0.39 is 0 Å². The SMILES string of the molecule is CCSc1cccc(NC(=O)c2ccn(C3CCCNC3)n2)c1.Cl. The van der Waals surface area contributed by atoms with Crippen LogP contribution in [0.25, 0.3) is 0 Å². The summed E-state index contributed by atoms with van der Waals surface area (Å²) in [6.45, 7) is 4.10. The molecule has 0 bridgehead atoms. The van der Waals surface area contributed by atoms with Crippen LogP contribution in [0.4, 0.5) is 5.69 Å². The monoisotopic (exact) mass is 366 g/mol. The third kappa shape index (κ3) is 4.75. The van der Waals surface area contributed by atoms with Crippen LogP contribution >= 0.6 is 24.2 Å². The third-order valence-electron chi connectivity index (χ3n) is 3.89. The van der Waals surface area contributed by atoms with Gasteiger partial charge in [-0.15, -0.1) is 24.2 Å². The van der Waals surface area contributed by atoms with Crippen LogP contribution in [0.1, 0.15) is 36.3 Å². The van der Waals surface area contributed by atoms with Crippen LogP contribution in [0.3, 0.4) is 0 Å². The molecule has 2 heterocycles. The second kappa shape index (κ2) is 9.11. The van der Waals surface area contributed by atoms with Crippen LogP contribution in [0.2, 0.25) is 0 Å². The highest BCUT2D eigenvalue weighted by Gasteiger charge is 2.17. The van der Waals surface area contributed by atoms with Crippen molar-refractivity contribution in [3.63, 3.8) is 0 Å². The maximum Gasteiger partial charge on any atom is 0.276 e. The number of halogens is 1. The molecule has 5 nitrogen and oxygen atoms in total. The van der Waals surface area contributed by atoms with Crippen molar-refractivity contribution in [2.45, 2.75) is 30.7 Å². The Morgan fingerprint density at radius 3 is 3.08 bits per heavy atom. The number of rotatable bonds is 5. The average molecular weight is 367 g/mol. The molecule has 1 unspecified atom stereocenters. The summed E-state index contributed by atoms with van der Waals surface area (Å²) < 4.78 is 1.91. The maximum atomic E-state index is 12.4. The summed E-state index contributed by atoms with van der Waals surface area (Å²) in [5.41, 5.74) is 1.27. The van der Waals surface area contributed by atoms with Crippen LogP contribution in [0.15, 0.2) is 41.4 Å². The highest BCUT2D eigenvalue weighted by molar-refractivity contribution is 7.99. The van der Waals surface area contributed by atoms with Gasteiger partial charge in [0.15, 0.2) is 5.69 Å². The lowest BCUT2D eigenvalue weighted by atomic mass is 10.1. The van der Waals surface area contributed by atoms with Crippen LogP contribution in [0, 0.1) is 0 Å². The van der Waals surface area contributed by atoms with Crippen molar-refractivity contribution < 1.29 is 4.79 Å². The first kappa shape index (κ1) is 18.8. The largest absolute Gasteiger partial charge is 0.321 e. The molecule has 2 N–H and O–H groups in total.